The Bertz CT molecular complexity index is 845. The molecule has 5 heteroatoms. The zero-order valence-electron chi connectivity index (χ0n) is 15.1. The first kappa shape index (κ1) is 21.1. The summed E-state index contributed by atoms with van der Waals surface area (Å²) in [5, 5.41) is 3.80. The Morgan fingerprint density at radius 3 is 2.32 bits per heavy atom. The number of aryl methyl sites for hydroxylation is 1. The Labute approximate surface area is 157 Å². The second-order valence-electron chi connectivity index (χ2n) is 4.68. The Hall–Kier alpha value is -1.91. The smallest absolute Gasteiger partial charge is 0.267 e. The van der Waals surface area contributed by atoms with Crippen LogP contribution >= 0.6 is 22.9 Å². The third kappa shape index (κ3) is 5.03. The average Bonchev–Trinajstić information content (AvgIpc) is 2.98. The summed E-state index contributed by atoms with van der Waals surface area (Å²) < 4.78 is 14.7. The molecule has 0 spiro atoms. The molecule has 2 nitrogen and oxygen atoms in total. The van der Waals surface area contributed by atoms with Crippen molar-refractivity contribution in [2.45, 2.75) is 34.6 Å². The van der Waals surface area contributed by atoms with Crippen molar-refractivity contribution in [2.75, 3.05) is 5.32 Å². The molecule has 3 rings (SSSR count). The summed E-state index contributed by atoms with van der Waals surface area (Å²) in [5.41, 5.74) is 0.949. The third-order valence-electron chi connectivity index (χ3n) is 3.11. The number of benzene rings is 2. The topological polar surface area (TPSA) is 29.1 Å². The van der Waals surface area contributed by atoms with E-state index in [4.69, 9.17) is 11.6 Å². The fourth-order valence-electron chi connectivity index (χ4n) is 2.06. The van der Waals surface area contributed by atoms with Crippen LogP contribution in [-0.4, -0.2) is 5.91 Å². The number of fused-ring (bicyclic) bond motifs is 1. The molecule has 25 heavy (non-hydrogen) atoms. The highest BCUT2D eigenvalue weighted by Gasteiger charge is 2.18. The van der Waals surface area contributed by atoms with E-state index in [1.165, 1.54) is 17.4 Å². The van der Waals surface area contributed by atoms with Gasteiger partial charge in [0.2, 0.25) is 0 Å². The second kappa shape index (κ2) is 10.2. The predicted molar refractivity (Wildman–Crippen MR) is 109 cm³/mol. The largest absolute Gasteiger partial charge is 0.319 e. The second-order valence-corrected chi connectivity index (χ2v) is 6.11. The van der Waals surface area contributed by atoms with Gasteiger partial charge in [0, 0.05) is 10.1 Å². The Morgan fingerprint density at radius 2 is 1.72 bits per heavy atom. The summed E-state index contributed by atoms with van der Waals surface area (Å²) in [6.07, 6.45) is 0. The maximum Gasteiger partial charge on any atom is 0.267 e. The number of hydrogen-bond donors (Lipinski definition) is 1. The van der Waals surface area contributed by atoms with Crippen molar-refractivity contribution in [1.82, 2.24) is 0 Å². The zero-order valence-corrected chi connectivity index (χ0v) is 16.7. The van der Waals surface area contributed by atoms with E-state index in [2.05, 4.69) is 5.32 Å². The van der Waals surface area contributed by atoms with Gasteiger partial charge in [-0.3, -0.25) is 4.79 Å². The molecule has 0 unspecified atom stereocenters. The number of rotatable bonds is 2. The fourth-order valence-corrected chi connectivity index (χ4v) is 3.47. The standard InChI is InChI=1S/C16H11ClFNOS.2C2H6/c1-9-6-7-12(11(18)8-9)19-16(20)15-14(17)10-4-2-3-5-13(10)21-15;2*1-2/h2-8H,1H3,(H,19,20);2*1-2H3. The van der Waals surface area contributed by atoms with Gasteiger partial charge in [-0.1, -0.05) is 63.6 Å². The molecular formula is C20H23ClFNOS. The number of thiophene rings is 1. The monoisotopic (exact) mass is 379 g/mol. The van der Waals surface area contributed by atoms with Gasteiger partial charge in [-0.15, -0.1) is 11.3 Å². The van der Waals surface area contributed by atoms with E-state index in [1.54, 1.807) is 19.1 Å². The van der Waals surface area contributed by atoms with E-state index in [0.29, 0.717) is 9.90 Å². The SMILES string of the molecule is CC.CC.Cc1ccc(NC(=O)c2sc3ccccc3c2Cl)c(F)c1. The van der Waals surface area contributed by atoms with Crippen LogP contribution in [0.5, 0.6) is 0 Å². The molecule has 1 aromatic heterocycles. The molecule has 1 heterocycles. The Morgan fingerprint density at radius 1 is 1.08 bits per heavy atom. The van der Waals surface area contributed by atoms with Crippen molar-refractivity contribution >= 4 is 44.6 Å². The first-order valence-corrected chi connectivity index (χ1v) is 9.50. The van der Waals surface area contributed by atoms with E-state index in [-0.39, 0.29) is 5.69 Å². The van der Waals surface area contributed by atoms with Crippen molar-refractivity contribution in [3.63, 3.8) is 0 Å². The number of carbonyl (C=O) groups is 1. The van der Waals surface area contributed by atoms with E-state index >= 15 is 0 Å². The molecular weight excluding hydrogens is 357 g/mol. The number of carbonyl (C=O) groups excluding carboxylic acids is 1. The van der Waals surface area contributed by atoms with Gasteiger partial charge in [0.1, 0.15) is 10.7 Å². The van der Waals surface area contributed by atoms with E-state index in [9.17, 15) is 9.18 Å². The van der Waals surface area contributed by atoms with Crippen LogP contribution < -0.4 is 5.32 Å². The van der Waals surface area contributed by atoms with Gasteiger partial charge in [0.15, 0.2) is 0 Å². The van der Waals surface area contributed by atoms with Crippen molar-refractivity contribution in [1.29, 1.82) is 0 Å². The number of hydrogen-bond acceptors (Lipinski definition) is 2. The van der Waals surface area contributed by atoms with Gasteiger partial charge in [0.05, 0.1) is 10.7 Å². The van der Waals surface area contributed by atoms with Crippen LogP contribution in [0.1, 0.15) is 42.9 Å². The summed E-state index contributed by atoms with van der Waals surface area (Å²) in [6, 6.07) is 12.2. The highest BCUT2D eigenvalue weighted by molar-refractivity contribution is 7.21. The van der Waals surface area contributed by atoms with Crippen LogP contribution in [0.3, 0.4) is 0 Å². The molecule has 0 bridgehead atoms. The molecule has 2 aromatic carbocycles. The minimum Gasteiger partial charge on any atom is -0.319 e. The normalized spacial score (nSPS) is 9.56. The predicted octanol–water partition coefficient (Wildman–Crippen LogP) is 7.31. The number of anilines is 1. The lowest BCUT2D eigenvalue weighted by Crippen LogP contribution is -2.11. The lowest BCUT2D eigenvalue weighted by Gasteiger charge is -2.06. The van der Waals surface area contributed by atoms with Crippen LogP contribution in [0.4, 0.5) is 10.1 Å². The average molecular weight is 380 g/mol. The van der Waals surface area contributed by atoms with Gasteiger partial charge >= 0.3 is 0 Å². The molecule has 0 aliphatic rings. The van der Waals surface area contributed by atoms with Gasteiger partial charge < -0.3 is 5.32 Å². The molecule has 3 aromatic rings. The zero-order chi connectivity index (χ0) is 19.0. The lowest BCUT2D eigenvalue weighted by molar-refractivity contribution is 0.103. The molecule has 0 atom stereocenters. The molecule has 0 fully saturated rings. The molecule has 0 saturated heterocycles. The van der Waals surface area contributed by atoms with Crippen LogP contribution in [-0.2, 0) is 0 Å². The maximum absolute atomic E-state index is 13.8. The van der Waals surface area contributed by atoms with Crippen molar-refractivity contribution in [3.05, 3.63) is 63.7 Å². The molecule has 134 valence electrons. The highest BCUT2D eigenvalue weighted by atomic mass is 35.5. The van der Waals surface area contributed by atoms with Crippen LogP contribution in [0.2, 0.25) is 5.02 Å². The summed E-state index contributed by atoms with van der Waals surface area (Å²) in [5.74, 6) is -0.857. The van der Waals surface area contributed by atoms with Crippen molar-refractivity contribution < 1.29 is 9.18 Å². The molecule has 1 N–H and O–H groups in total. The van der Waals surface area contributed by atoms with E-state index in [0.717, 1.165) is 15.6 Å². The van der Waals surface area contributed by atoms with E-state index in [1.807, 2.05) is 52.0 Å². The van der Waals surface area contributed by atoms with Gasteiger partial charge in [0.25, 0.3) is 5.91 Å². The van der Waals surface area contributed by atoms with Crippen molar-refractivity contribution in [2.24, 2.45) is 0 Å². The summed E-state index contributed by atoms with van der Waals surface area (Å²) >= 11 is 7.53. The van der Waals surface area contributed by atoms with Crippen LogP contribution in [0, 0.1) is 12.7 Å². The Kier molecular flexibility index (Phi) is 8.59. The molecule has 0 radical (unpaired) electrons. The highest BCUT2D eigenvalue weighted by Crippen LogP contribution is 2.35. The first-order chi connectivity index (χ1) is 12.1. The van der Waals surface area contributed by atoms with Crippen LogP contribution in [0.25, 0.3) is 10.1 Å². The summed E-state index contributed by atoms with van der Waals surface area (Å²) in [4.78, 5) is 12.7. The third-order valence-corrected chi connectivity index (χ3v) is 4.79. The fraction of sp³-hybridized carbons (Fsp3) is 0.250. The number of halogens is 2. The number of amides is 1. The summed E-state index contributed by atoms with van der Waals surface area (Å²) in [7, 11) is 0. The molecule has 0 aliphatic heterocycles. The van der Waals surface area contributed by atoms with E-state index < -0.39 is 11.7 Å². The van der Waals surface area contributed by atoms with Crippen molar-refractivity contribution in [3.8, 4) is 0 Å². The maximum atomic E-state index is 13.8. The molecule has 1 amide bonds. The van der Waals surface area contributed by atoms with Gasteiger partial charge in [-0.05, 0) is 30.7 Å². The molecule has 0 saturated carbocycles. The molecule has 0 aliphatic carbocycles. The lowest BCUT2D eigenvalue weighted by atomic mass is 10.2. The minimum atomic E-state index is -0.458. The van der Waals surface area contributed by atoms with Gasteiger partial charge in [-0.2, -0.15) is 0 Å². The minimum absolute atomic E-state index is 0.152. The quantitative estimate of drug-likeness (QED) is 0.497. The van der Waals surface area contributed by atoms with Crippen LogP contribution in [0.15, 0.2) is 42.5 Å². The number of nitrogens with one attached hydrogen (secondary N) is 1. The Balaban J connectivity index is 0.000000730. The summed E-state index contributed by atoms with van der Waals surface area (Å²) in [6.45, 7) is 9.79. The van der Waals surface area contributed by atoms with Gasteiger partial charge in [-0.25, -0.2) is 4.39 Å². The first-order valence-electron chi connectivity index (χ1n) is 8.31.